The molecule has 0 saturated carbocycles. The summed E-state index contributed by atoms with van der Waals surface area (Å²) in [5.41, 5.74) is 11.2. The molecule has 1 heterocycles. The maximum atomic E-state index is 12.6. The highest BCUT2D eigenvalue weighted by Gasteiger charge is 2.33. The van der Waals surface area contributed by atoms with Crippen LogP contribution in [0.5, 0.6) is 0 Å². The van der Waals surface area contributed by atoms with Gasteiger partial charge in [-0.15, -0.1) is 0 Å². The summed E-state index contributed by atoms with van der Waals surface area (Å²) in [7, 11) is 2.12. The number of hydrogen-bond acceptors (Lipinski definition) is 4. The molecule has 1 aliphatic rings. The molecule has 6 nitrogen and oxygen atoms in total. The number of carbonyl (C=O) groups excluding carboxylic acids is 2. The first-order chi connectivity index (χ1) is 15.9. The Balaban J connectivity index is 1.40. The van der Waals surface area contributed by atoms with Crippen LogP contribution in [-0.4, -0.2) is 36.0 Å². The molecule has 33 heavy (non-hydrogen) atoms. The fraction of sp³-hybridized carbons (Fsp3) is 0.222. The lowest BCUT2D eigenvalue weighted by atomic mass is 9.95. The van der Waals surface area contributed by atoms with E-state index in [1.54, 1.807) is 18.2 Å². The van der Waals surface area contributed by atoms with E-state index in [9.17, 15) is 9.59 Å². The van der Waals surface area contributed by atoms with E-state index in [1.165, 1.54) is 11.1 Å². The van der Waals surface area contributed by atoms with Crippen LogP contribution in [0.25, 0.3) is 0 Å². The average molecular weight is 441 g/mol. The molecule has 0 radical (unpaired) electrons. The minimum Gasteiger partial charge on any atom is -0.366 e. The van der Waals surface area contributed by atoms with Crippen molar-refractivity contribution in [2.45, 2.75) is 25.8 Å². The molecule has 3 aromatic carbocycles. The van der Waals surface area contributed by atoms with Crippen molar-refractivity contribution in [3.8, 4) is 0 Å². The van der Waals surface area contributed by atoms with E-state index < -0.39 is 11.8 Å². The predicted molar refractivity (Wildman–Crippen MR) is 132 cm³/mol. The van der Waals surface area contributed by atoms with Gasteiger partial charge in [-0.05, 0) is 61.3 Å². The van der Waals surface area contributed by atoms with E-state index in [0.29, 0.717) is 17.0 Å². The van der Waals surface area contributed by atoms with Crippen molar-refractivity contribution in [3.05, 3.63) is 95.1 Å². The summed E-state index contributed by atoms with van der Waals surface area (Å²) in [6, 6.07) is 23.6. The summed E-state index contributed by atoms with van der Waals surface area (Å²) in [5.74, 6) is -1.15. The Hall–Kier alpha value is -3.77. The summed E-state index contributed by atoms with van der Waals surface area (Å²) in [4.78, 5) is 31.0. The van der Waals surface area contributed by atoms with Crippen LogP contribution in [0.4, 0.5) is 11.4 Å². The van der Waals surface area contributed by atoms with Gasteiger partial charge in [0.15, 0.2) is 0 Å². The Bertz CT molecular complexity index is 1190. The summed E-state index contributed by atoms with van der Waals surface area (Å²) >= 11 is 0. The molecular weight excluding hydrogens is 412 g/mol. The fourth-order valence-corrected chi connectivity index (χ4v) is 4.13. The molecule has 3 N–H and O–H groups in total. The van der Waals surface area contributed by atoms with Gasteiger partial charge >= 0.3 is 0 Å². The molecule has 168 valence electrons. The number of nitrogens with zero attached hydrogens (tertiary/aromatic N) is 2. The molecule has 0 fully saturated rings. The first kappa shape index (κ1) is 22.4. The SMILES string of the molecule is CC(=Nc1ccc(CN(C)CCc2ccccc2)cc1)C1C(=O)Nc2cc(C(N)=O)ccc21. The fourth-order valence-electron chi connectivity index (χ4n) is 4.13. The molecule has 3 aromatic rings. The molecule has 1 atom stereocenters. The number of nitrogens with two attached hydrogens (primary N) is 1. The third-order valence-electron chi connectivity index (χ3n) is 5.91. The highest BCUT2D eigenvalue weighted by atomic mass is 16.2. The van der Waals surface area contributed by atoms with Gasteiger partial charge in [0.25, 0.3) is 0 Å². The molecular formula is C27H28N4O2. The van der Waals surface area contributed by atoms with Gasteiger partial charge in [0, 0.05) is 30.1 Å². The monoisotopic (exact) mass is 440 g/mol. The smallest absolute Gasteiger partial charge is 0.248 e. The number of primary amides is 1. The van der Waals surface area contributed by atoms with Crippen LogP contribution in [0.1, 0.15) is 39.9 Å². The van der Waals surface area contributed by atoms with Crippen LogP contribution in [0, 0.1) is 0 Å². The molecule has 0 spiro atoms. The Morgan fingerprint density at radius 1 is 1.03 bits per heavy atom. The molecule has 0 aliphatic carbocycles. The van der Waals surface area contributed by atoms with Crippen LogP contribution in [0.2, 0.25) is 0 Å². The third kappa shape index (κ3) is 5.35. The van der Waals surface area contributed by atoms with Crippen molar-refractivity contribution in [3.63, 3.8) is 0 Å². The largest absolute Gasteiger partial charge is 0.366 e. The first-order valence-corrected chi connectivity index (χ1v) is 11.0. The number of nitrogens with one attached hydrogen (secondary N) is 1. The number of benzene rings is 3. The van der Waals surface area contributed by atoms with Gasteiger partial charge < -0.3 is 16.0 Å². The van der Waals surface area contributed by atoms with Gasteiger partial charge in [-0.2, -0.15) is 0 Å². The Morgan fingerprint density at radius 3 is 2.45 bits per heavy atom. The van der Waals surface area contributed by atoms with Gasteiger partial charge in [0.2, 0.25) is 11.8 Å². The normalized spacial score (nSPS) is 15.4. The van der Waals surface area contributed by atoms with Crippen molar-refractivity contribution >= 4 is 28.9 Å². The standard InChI is InChI=1S/C27H28N4O2/c1-18(25-23-13-10-21(26(28)32)16-24(23)30-27(25)33)29-22-11-8-20(9-12-22)17-31(2)15-14-19-6-4-3-5-7-19/h3-13,16,25H,14-15,17H2,1-2H3,(H2,28,32)(H,30,33). The quantitative estimate of drug-likeness (QED) is 0.512. The summed E-state index contributed by atoms with van der Waals surface area (Å²) < 4.78 is 0. The molecule has 6 heteroatoms. The van der Waals surface area contributed by atoms with E-state index >= 15 is 0 Å². The number of aliphatic imine (C=N–C) groups is 1. The summed E-state index contributed by atoms with van der Waals surface area (Å²) in [6.45, 7) is 3.69. The van der Waals surface area contributed by atoms with Crippen LogP contribution in [-0.2, 0) is 17.8 Å². The number of hydrogen-bond donors (Lipinski definition) is 2. The van der Waals surface area contributed by atoms with Crippen molar-refractivity contribution < 1.29 is 9.59 Å². The minimum atomic E-state index is -0.522. The van der Waals surface area contributed by atoms with Crippen molar-refractivity contribution in [2.75, 3.05) is 18.9 Å². The molecule has 1 unspecified atom stereocenters. The summed E-state index contributed by atoms with van der Waals surface area (Å²) in [6.07, 6.45) is 1.02. The molecule has 0 aromatic heterocycles. The highest BCUT2D eigenvalue weighted by Crippen LogP contribution is 2.35. The third-order valence-corrected chi connectivity index (χ3v) is 5.91. The molecule has 1 aliphatic heterocycles. The molecule has 0 saturated heterocycles. The van der Waals surface area contributed by atoms with Crippen molar-refractivity contribution in [1.82, 2.24) is 4.90 Å². The zero-order valence-electron chi connectivity index (χ0n) is 18.9. The average Bonchev–Trinajstić information content (AvgIpc) is 3.14. The van der Waals surface area contributed by atoms with Crippen molar-refractivity contribution in [2.24, 2.45) is 10.7 Å². The minimum absolute atomic E-state index is 0.149. The van der Waals surface area contributed by atoms with E-state index in [-0.39, 0.29) is 5.91 Å². The number of anilines is 1. The number of rotatable bonds is 8. The predicted octanol–water partition coefficient (Wildman–Crippen LogP) is 4.29. The zero-order valence-corrected chi connectivity index (χ0v) is 18.9. The second-order valence-electron chi connectivity index (χ2n) is 8.48. The lowest BCUT2D eigenvalue weighted by Gasteiger charge is -2.17. The Kier molecular flexibility index (Phi) is 6.66. The van der Waals surface area contributed by atoms with Crippen LogP contribution >= 0.6 is 0 Å². The van der Waals surface area contributed by atoms with Crippen LogP contribution < -0.4 is 11.1 Å². The second kappa shape index (κ2) is 9.79. The number of amides is 2. The molecule has 0 bridgehead atoms. The highest BCUT2D eigenvalue weighted by molar-refractivity contribution is 6.18. The van der Waals surface area contributed by atoms with E-state index in [2.05, 4.69) is 53.7 Å². The first-order valence-electron chi connectivity index (χ1n) is 11.0. The lowest BCUT2D eigenvalue weighted by Crippen LogP contribution is -2.20. The van der Waals surface area contributed by atoms with E-state index in [4.69, 9.17) is 10.7 Å². The van der Waals surface area contributed by atoms with Gasteiger partial charge in [-0.1, -0.05) is 48.5 Å². The van der Waals surface area contributed by atoms with Gasteiger partial charge in [0.05, 0.1) is 5.69 Å². The zero-order chi connectivity index (χ0) is 23.4. The molecule has 2 amide bonds. The lowest BCUT2D eigenvalue weighted by molar-refractivity contribution is -0.115. The molecule has 4 rings (SSSR count). The van der Waals surface area contributed by atoms with E-state index in [0.717, 1.165) is 30.8 Å². The number of likely N-dealkylation sites (N-methyl/N-ethyl adjacent to an activating group) is 1. The van der Waals surface area contributed by atoms with Crippen molar-refractivity contribution in [1.29, 1.82) is 0 Å². The van der Waals surface area contributed by atoms with Gasteiger partial charge in [-0.3, -0.25) is 14.6 Å². The van der Waals surface area contributed by atoms with Gasteiger partial charge in [0.1, 0.15) is 5.92 Å². The second-order valence-corrected chi connectivity index (χ2v) is 8.48. The Morgan fingerprint density at radius 2 is 1.76 bits per heavy atom. The maximum absolute atomic E-state index is 12.6. The Labute approximate surface area is 194 Å². The summed E-state index contributed by atoms with van der Waals surface area (Å²) in [5, 5.41) is 2.83. The van der Waals surface area contributed by atoms with Crippen LogP contribution in [0.3, 0.4) is 0 Å². The van der Waals surface area contributed by atoms with Gasteiger partial charge in [-0.25, -0.2) is 0 Å². The topological polar surface area (TPSA) is 87.8 Å². The number of carbonyl (C=O) groups is 2. The van der Waals surface area contributed by atoms with E-state index in [1.807, 2.05) is 25.1 Å². The van der Waals surface area contributed by atoms with Crippen LogP contribution in [0.15, 0.2) is 77.8 Å². The maximum Gasteiger partial charge on any atom is 0.248 e. The number of fused-ring (bicyclic) bond motifs is 1.